The first-order valence-corrected chi connectivity index (χ1v) is 6.84. The number of carbonyl (C=O) groups excluding carboxylic acids is 1. The molecule has 2 heterocycles. The van der Waals surface area contributed by atoms with E-state index in [2.05, 4.69) is 19.2 Å². The minimum Gasteiger partial charge on any atom is -0.375 e. The van der Waals surface area contributed by atoms with Crippen LogP contribution in [0.4, 0.5) is 0 Å². The van der Waals surface area contributed by atoms with Gasteiger partial charge in [-0.15, -0.1) is 0 Å². The van der Waals surface area contributed by atoms with Gasteiger partial charge < -0.3 is 15.0 Å². The number of morpholine rings is 1. The first-order valence-electron chi connectivity index (χ1n) is 6.84. The molecule has 3 unspecified atom stereocenters. The van der Waals surface area contributed by atoms with E-state index in [0.717, 1.165) is 32.5 Å². The van der Waals surface area contributed by atoms with E-state index in [1.165, 1.54) is 6.42 Å². The van der Waals surface area contributed by atoms with Crippen molar-refractivity contribution in [3.63, 3.8) is 0 Å². The maximum absolute atomic E-state index is 12.4. The Labute approximate surface area is 104 Å². The van der Waals surface area contributed by atoms with Crippen molar-refractivity contribution in [1.82, 2.24) is 10.2 Å². The van der Waals surface area contributed by atoms with E-state index in [1.807, 2.05) is 4.90 Å². The van der Waals surface area contributed by atoms with Crippen LogP contribution in [0.15, 0.2) is 0 Å². The molecule has 0 aromatic rings. The van der Waals surface area contributed by atoms with Gasteiger partial charge in [-0.25, -0.2) is 0 Å². The van der Waals surface area contributed by atoms with Crippen LogP contribution in [0.5, 0.6) is 0 Å². The number of nitrogens with one attached hydrogen (secondary N) is 1. The van der Waals surface area contributed by atoms with E-state index in [1.54, 1.807) is 0 Å². The standard InChI is InChI=1S/C13H24N2O2/c1-3-11-9-15(6-7-17-11)13(16)12-8-10(2)4-5-14-12/h10-12,14H,3-9H2,1-2H3. The monoisotopic (exact) mass is 240 g/mol. The van der Waals surface area contributed by atoms with Gasteiger partial charge in [-0.1, -0.05) is 13.8 Å². The number of hydrogen-bond donors (Lipinski definition) is 1. The topological polar surface area (TPSA) is 41.6 Å². The molecule has 2 saturated heterocycles. The van der Waals surface area contributed by atoms with Crippen molar-refractivity contribution >= 4 is 5.91 Å². The van der Waals surface area contributed by atoms with Gasteiger partial charge in [-0.2, -0.15) is 0 Å². The van der Waals surface area contributed by atoms with Crippen LogP contribution in [0.25, 0.3) is 0 Å². The normalized spacial score (nSPS) is 34.7. The van der Waals surface area contributed by atoms with Crippen LogP contribution in [0.2, 0.25) is 0 Å². The van der Waals surface area contributed by atoms with E-state index in [4.69, 9.17) is 4.74 Å². The zero-order chi connectivity index (χ0) is 12.3. The molecule has 0 aromatic carbocycles. The molecule has 98 valence electrons. The van der Waals surface area contributed by atoms with Gasteiger partial charge >= 0.3 is 0 Å². The smallest absolute Gasteiger partial charge is 0.239 e. The van der Waals surface area contributed by atoms with Crippen LogP contribution >= 0.6 is 0 Å². The van der Waals surface area contributed by atoms with Gasteiger partial charge in [0.25, 0.3) is 0 Å². The fourth-order valence-corrected chi connectivity index (χ4v) is 2.68. The molecule has 2 rings (SSSR count). The number of piperidine rings is 1. The van der Waals surface area contributed by atoms with Crippen LogP contribution in [0.1, 0.15) is 33.1 Å². The van der Waals surface area contributed by atoms with Crippen molar-refractivity contribution in [2.24, 2.45) is 5.92 Å². The van der Waals surface area contributed by atoms with E-state index >= 15 is 0 Å². The summed E-state index contributed by atoms with van der Waals surface area (Å²) in [5.41, 5.74) is 0. The fourth-order valence-electron chi connectivity index (χ4n) is 2.68. The highest BCUT2D eigenvalue weighted by Gasteiger charge is 2.31. The van der Waals surface area contributed by atoms with Crippen molar-refractivity contribution in [2.45, 2.75) is 45.3 Å². The molecule has 4 nitrogen and oxygen atoms in total. The second-order valence-electron chi connectivity index (χ2n) is 5.32. The molecule has 0 aromatic heterocycles. The second-order valence-corrected chi connectivity index (χ2v) is 5.32. The molecule has 2 fully saturated rings. The Hall–Kier alpha value is -0.610. The molecule has 4 heteroatoms. The number of amides is 1. The van der Waals surface area contributed by atoms with Crippen molar-refractivity contribution in [1.29, 1.82) is 0 Å². The number of carbonyl (C=O) groups is 1. The first-order chi connectivity index (χ1) is 8.20. The molecule has 1 amide bonds. The number of hydrogen-bond acceptors (Lipinski definition) is 3. The molecule has 17 heavy (non-hydrogen) atoms. The summed E-state index contributed by atoms with van der Waals surface area (Å²) < 4.78 is 5.60. The van der Waals surface area contributed by atoms with Crippen molar-refractivity contribution in [3.8, 4) is 0 Å². The molecule has 0 radical (unpaired) electrons. The summed E-state index contributed by atoms with van der Waals surface area (Å²) in [6, 6.07) is 0.0364. The Morgan fingerprint density at radius 3 is 3.06 bits per heavy atom. The molecule has 1 N–H and O–H groups in total. The molecular weight excluding hydrogens is 216 g/mol. The summed E-state index contributed by atoms with van der Waals surface area (Å²) in [6.07, 6.45) is 3.38. The summed E-state index contributed by atoms with van der Waals surface area (Å²) in [6.45, 7) is 7.52. The van der Waals surface area contributed by atoms with Gasteiger partial charge in [0.05, 0.1) is 18.8 Å². The lowest BCUT2D eigenvalue weighted by molar-refractivity contribution is -0.142. The molecular formula is C13H24N2O2. The molecule has 0 saturated carbocycles. The molecule has 2 aliphatic heterocycles. The summed E-state index contributed by atoms with van der Waals surface area (Å²) in [5.74, 6) is 0.937. The van der Waals surface area contributed by atoms with E-state index in [9.17, 15) is 4.79 Å². The highest BCUT2D eigenvalue weighted by Crippen LogP contribution is 2.18. The van der Waals surface area contributed by atoms with Gasteiger partial charge in [-0.05, 0) is 31.7 Å². The van der Waals surface area contributed by atoms with Crippen LogP contribution in [0.3, 0.4) is 0 Å². The predicted molar refractivity (Wildman–Crippen MR) is 66.8 cm³/mol. The van der Waals surface area contributed by atoms with Crippen LogP contribution in [0, 0.1) is 5.92 Å². The second kappa shape index (κ2) is 5.83. The SMILES string of the molecule is CCC1CN(C(=O)C2CC(C)CCN2)CCO1. The van der Waals surface area contributed by atoms with E-state index in [0.29, 0.717) is 12.5 Å². The number of ether oxygens (including phenoxy) is 1. The third-order valence-electron chi connectivity index (χ3n) is 3.87. The van der Waals surface area contributed by atoms with Crippen molar-refractivity contribution < 1.29 is 9.53 Å². The Bertz CT molecular complexity index is 270. The zero-order valence-corrected chi connectivity index (χ0v) is 10.9. The summed E-state index contributed by atoms with van der Waals surface area (Å²) in [4.78, 5) is 14.3. The zero-order valence-electron chi connectivity index (χ0n) is 10.9. The lowest BCUT2D eigenvalue weighted by Crippen LogP contribution is -2.54. The first kappa shape index (κ1) is 12.8. The largest absolute Gasteiger partial charge is 0.375 e. The molecule has 0 bridgehead atoms. The average molecular weight is 240 g/mol. The molecule has 0 aliphatic carbocycles. The van der Waals surface area contributed by atoms with Gasteiger partial charge in [0, 0.05) is 13.1 Å². The highest BCUT2D eigenvalue weighted by molar-refractivity contribution is 5.82. The Morgan fingerprint density at radius 1 is 1.53 bits per heavy atom. The fraction of sp³-hybridized carbons (Fsp3) is 0.923. The quantitative estimate of drug-likeness (QED) is 0.783. The lowest BCUT2D eigenvalue weighted by atomic mass is 9.93. The van der Waals surface area contributed by atoms with Crippen LogP contribution in [-0.2, 0) is 9.53 Å². The van der Waals surface area contributed by atoms with Gasteiger partial charge in [-0.3, -0.25) is 4.79 Å². The average Bonchev–Trinajstić information content (AvgIpc) is 2.38. The minimum absolute atomic E-state index is 0.0364. The third kappa shape index (κ3) is 3.19. The van der Waals surface area contributed by atoms with Crippen LogP contribution in [-0.4, -0.2) is 49.2 Å². The summed E-state index contributed by atoms with van der Waals surface area (Å²) in [5, 5.41) is 3.35. The predicted octanol–water partition coefficient (Wildman–Crippen LogP) is 1.01. The number of nitrogens with zero attached hydrogens (tertiary/aromatic N) is 1. The Kier molecular flexibility index (Phi) is 4.40. The summed E-state index contributed by atoms with van der Waals surface area (Å²) in [7, 11) is 0. The molecule has 2 aliphatic rings. The van der Waals surface area contributed by atoms with E-state index in [-0.39, 0.29) is 18.1 Å². The van der Waals surface area contributed by atoms with E-state index < -0.39 is 0 Å². The van der Waals surface area contributed by atoms with Gasteiger partial charge in [0.2, 0.25) is 5.91 Å². The van der Waals surface area contributed by atoms with Crippen LogP contribution < -0.4 is 5.32 Å². The van der Waals surface area contributed by atoms with Gasteiger partial charge in [0.15, 0.2) is 0 Å². The molecule has 3 atom stereocenters. The summed E-state index contributed by atoms with van der Waals surface area (Å²) >= 11 is 0. The lowest BCUT2D eigenvalue weighted by Gasteiger charge is -2.37. The Balaban J connectivity index is 1.89. The van der Waals surface area contributed by atoms with Gasteiger partial charge in [0.1, 0.15) is 0 Å². The maximum Gasteiger partial charge on any atom is 0.239 e. The van der Waals surface area contributed by atoms with Crippen molar-refractivity contribution in [3.05, 3.63) is 0 Å². The highest BCUT2D eigenvalue weighted by atomic mass is 16.5. The minimum atomic E-state index is 0.0364. The van der Waals surface area contributed by atoms with Crippen molar-refractivity contribution in [2.75, 3.05) is 26.2 Å². The maximum atomic E-state index is 12.4. The molecule has 0 spiro atoms. The Morgan fingerprint density at radius 2 is 2.35 bits per heavy atom. The number of rotatable bonds is 2. The third-order valence-corrected chi connectivity index (χ3v) is 3.87.